The van der Waals surface area contributed by atoms with Gasteiger partial charge in [-0.25, -0.2) is 4.98 Å². The van der Waals surface area contributed by atoms with Crippen molar-refractivity contribution in [3.63, 3.8) is 0 Å². The number of imidazole rings is 1. The number of carbonyl (C=O) groups is 2. The van der Waals surface area contributed by atoms with Crippen molar-refractivity contribution in [1.29, 1.82) is 0 Å². The van der Waals surface area contributed by atoms with Crippen LogP contribution in [0.4, 0.5) is 5.69 Å². The van der Waals surface area contributed by atoms with E-state index in [0.29, 0.717) is 12.1 Å². The van der Waals surface area contributed by atoms with Gasteiger partial charge in [-0.2, -0.15) is 0 Å². The fraction of sp³-hybridized carbons (Fsp3) is 0.421. The monoisotopic (exact) mass is 338 g/mol. The molecule has 25 heavy (non-hydrogen) atoms. The second kappa shape index (κ2) is 6.02. The topological polar surface area (TPSA) is 67.2 Å². The number of aromatic nitrogens is 2. The molecule has 0 bridgehead atoms. The van der Waals surface area contributed by atoms with E-state index in [1.165, 1.54) is 0 Å². The van der Waals surface area contributed by atoms with Crippen molar-refractivity contribution in [2.75, 3.05) is 11.4 Å². The molecule has 130 valence electrons. The number of hydrogen-bond acceptors (Lipinski definition) is 3. The molecule has 2 aliphatic heterocycles. The minimum absolute atomic E-state index is 0.0459. The van der Waals surface area contributed by atoms with Crippen molar-refractivity contribution in [3.8, 4) is 0 Å². The van der Waals surface area contributed by atoms with Crippen molar-refractivity contribution in [1.82, 2.24) is 14.9 Å². The molecule has 0 spiro atoms. The summed E-state index contributed by atoms with van der Waals surface area (Å²) in [6.07, 6.45) is 4.64. The molecule has 0 fully saturated rings. The van der Waals surface area contributed by atoms with E-state index in [1.807, 2.05) is 31.3 Å². The molecule has 2 amide bonds. The summed E-state index contributed by atoms with van der Waals surface area (Å²) < 4.78 is 2.14. The highest BCUT2D eigenvalue weighted by molar-refractivity contribution is 5.98. The second-order valence-electron chi connectivity index (χ2n) is 6.92. The van der Waals surface area contributed by atoms with Gasteiger partial charge in [0.15, 0.2) is 0 Å². The van der Waals surface area contributed by atoms with Gasteiger partial charge in [-0.3, -0.25) is 9.59 Å². The normalized spacial score (nSPS) is 18.6. The summed E-state index contributed by atoms with van der Waals surface area (Å²) in [7, 11) is 0. The van der Waals surface area contributed by atoms with Gasteiger partial charge in [-0.05, 0) is 43.5 Å². The summed E-state index contributed by atoms with van der Waals surface area (Å²) in [5, 5.41) is 3.14. The molecule has 1 unspecified atom stereocenters. The highest BCUT2D eigenvalue weighted by atomic mass is 16.2. The van der Waals surface area contributed by atoms with Gasteiger partial charge < -0.3 is 14.8 Å². The zero-order chi connectivity index (χ0) is 17.6. The smallest absolute Gasteiger partial charge is 0.251 e. The van der Waals surface area contributed by atoms with E-state index < -0.39 is 0 Å². The maximum absolute atomic E-state index is 12.6. The van der Waals surface area contributed by atoms with Crippen molar-refractivity contribution >= 4 is 17.5 Å². The van der Waals surface area contributed by atoms with E-state index in [9.17, 15) is 9.59 Å². The Morgan fingerprint density at radius 3 is 2.92 bits per heavy atom. The average Bonchev–Trinajstić information content (AvgIpc) is 3.15. The van der Waals surface area contributed by atoms with Crippen molar-refractivity contribution in [3.05, 3.63) is 47.0 Å². The maximum Gasteiger partial charge on any atom is 0.251 e. The zero-order valence-corrected chi connectivity index (χ0v) is 14.6. The Morgan fingerprint density at radius 1 is 1.28 bits per heavy atom. The van der Waals surface area contributed by atoms with E-state index >= 15 is 0 Å². The number of hydrogen-bond donors (Lipinski definition) is 1. The summed E-state index contributed by atoms with van der Waals surface area (Å²) >= 11 is 0. The summed E-state index contributed by atoms with van der Waals surface area (Å²) in [5.74, 6) is 1.10. The van der Waals surface area contributed by atoms with Crippen LogP contribution in [0.2, 0.25) is 0 Å². The SMILES string of the molecule is CC(=O)N1CCc2cc(C(=O)NC3CCc4nc(C)cn4C3)ccc21. The molecule has 1 aromatic heterocycles. The molecular formula is C19H22N4O2. The van der Waals surface area contributed by atoms with E-state index in [4.69, 9.17) is 0 Å². The first kappa shape index (κ1) is 15.9. The lowest BCUT2D eigenvalue weighted by Gasteiger charge is -2.24. The Bertz CT molecular complexity index is 855. The lowest BCUT2D eigenvalue weighted by Crippen LogP contribution is -2.40. The van der Waals surface area contributed by atoms with Crippen LogP contribution in [0.3, 0.4) is 0 Å². The van der Waals surface area contributed by atoms with Crippen LogP contribution in [-0.4, -0.2) is 34.0 Å². The number of nitrogens with zero attached hydrogens (tertiary/aromatic N) is 3. The molecule has 1 atom stereocenters. The highest BCUT2D eigenvalue weighted by Gasteiger charge is 2.25. The van der Waals surface area contributed by atoms with Crippen LogP contribution in [0.1, 0.15) is 40.8 Å². The number of nitrogens with one attached hydrogen (secondary N) is 1. The number of benzene rings is 1. The van der Waals surface area contributed by atoms with Gasteiger partial charge in [0.2, 0.25) is 5.91 Å². The summed E-state index contributed by atoms with van der Waals surface area (Å²) in [6.45, 7) is 5.03. The second-order valence-corrected chi connectivity index (χ2v) is 6.92. The van der Waals surface area contributed by atoms with E-state index in [2.05, 4.69) is 14.9 Å². The molecule has 0 radical (unpaired) electrons. The Labute approximate surface area is 146 Å². The van der Waals surface area contributed by atoms with Gasteiger partial charge in [0, 0.05) is 49.9 Å². The fourth-order valence-corrected chi connectivity index (χ4v) is 3.84. The Morgan fingerprint density at radius 2 is 2.12 bits per heavy atom. The first-order valence-corrected chi connectivity index (χ1v) is 8.76. The third kappa shape index (κ3) is 2.92. The highest BCUT2D eigenvalue weighted by Crippen LogP contribution is 2.29. The summed E-state index contributed by atoms with van der Waals surface area (Å²) in [6, 6.07) is 5.74. The van der Waals surface area contributed by atoms with Crippen LogP contribution >= 0.6 is 0 Å². The van der Waals surface area contributed by atoms with E-state index in [-0.39, 0.29) is 17.9 Å². The van der Waals surface area contributed by atoms with Crippen LogP contribution in [0.15, 0.2) is 24.4 Å². The average molecular weight is 338 g/mol. The number of fused-ring (bicyclic) bond motifs is 2. The minimum Gasteiger partial charge on any atom is -0.347 e. The predicted octanol–water partition coefficient (Wildman–Crippen LogP) is 1.85. The van der Waals surface area contributed by atoms with Crippen LogP contribution in [-0.2, 0) is 24.2 Å². The third-order valence-corrected chi connectivity index (χ3v) is 5.07. The lowest BCUT2D eigenvalue weighted by atomic mass is 10.0. The fourth-order valence-electron chi connectivity index (χ4n) is 3.84. The minimum atomic E-state index is -0.0469. The number of rotatable bonds is 2. The van der Waals surface area contributed by atoms with Crippen molar-refractivity contribution in [2.24, 2.45) is 0 Å². The zero-order valence-electron chi connectivity index (χ0n) is 14.6. The van der Waals surface area contributed by atoms with E-state index in [1.54, 1.807) is 11.8 Å². The van der Waals surface area contributed by atoms with E-state index in [0.717, 1.165) is 48.6 Å². The van der Waals surface area contributed by atoms with Gasteiger partial charge in [0.05, 0.1) is 5.69 Å². The quantitative estimate of drug-likeness (QED) is 0.909. The predicted molar refractivity (Wildman–Crippen MR) is 94.7 cm³/mol. The standard InChI is InChI=1S/C19H22N4O2/c1-12-10-22-11-16(4-6-18(22)20-12)21-19(25)15-3-5-17-14(9-15)7-8-23(17)13(2)24/h3,5,9-10,16H,4,6-8,11H2,1-2H3,(H,21,25). The molecule has 4 rings (SSSR count). The lowest BCUT2D eigenvalue weighted by molar-refractivity contribution is -0.116. The van der Waals surface area contributed by atoms with Gasteiger partial charge in [0.25, 0.3) is 5.91 Å². The van der Waals surface area contributed by atoms with Crippen molar-refractivity contribution in [2.45, 2.75) is 45.7 Å². The van der Waals surface area contributed by atoms with Crippen LogP contribution in [0, 0.1) is 6.92 Å². The van der Waals surface area contributed by atoms with Gasteiger partial charge >= 0.3 is 0 Å². The molecule has 0 saturated carbocycles. The third-order valence-electron chi connectivity index (χ3n) is 5.07. The molecule has 6 heteroatoms. The van der Waals surface area contributed by atoms with Crippen LogP contribution in [0.25, 0.3) is 0 Å². The molecule has 1 N–H and O–H groups in total. The van der Waals surface area contributed by atoms with Crippen molar-refractivity contribution < 1.29 is 9.59 Å². The molecule has 2 aliphatic rings. The summed E-state index contributed by atoms with van der Waals surface area (Å²) in [5.41, 5.74) is 3.69. The van der Waals surface area contributed by atoms with Gasteiger partial charge in [0.1, 0.15) is 5.82 Å². The first-order valence-electron chi connectivity index (χ1n) is 8.76. The Kier molecular flexibility index (Phi) is 3.82. The van der Waals surface area contributed by atoms with Crippen LogP contribution in [0.5, 0.6) is 0 Å². The molecule has 1 aromatic carbocycles. The number of aryl methyl sites for hydroxylation is 2. The molecule has 0 saturated heterocycles. The molecule has 6 nitrogen and oxygen atoms in total. The summed E-state index contributed by atoms with van der Waals surface area (Å²) in [4.78, 5) is 30.5. The molecule has 2 aromatic rings. The first-order chi connectivity index (χ1) is 12.0. The number of anilines is 1. The molecule has 3 heterocycles. The van der Waals surface area contributed by atoms with Gasteiger partial charge in [-0.15, -0.1) is 0 Å². The number of amides is 2. The molecule has 0 aliphatic carbocycles. The Hall–Kier alpha value is -2.63. The maximum atomic E-state index is 12.6. The van der Waals surface area contributed by atoms with Crippen LogP contribution < -0.4 is 10.2 Å². The number of carbonyl (C=O) groups excluding carboxylic acids is 2. The van der Waals surface area contributed by atoms with Gasteiger partial charge in [-0.1, -0.05) is 0 Å². The Balaban J connectivity index is 1.46. The molecular weight excluding hydrogens is 316 g/mol. The largest absolute Gasteiger partial charge is 0.347 e.